The molecular weight excluding hydrogens is 466 g/mol. The highest BCUT2D eigenvalue weighted by molar-refractivity contribution is 7.09. The molecule has 1 N–H and O–H groups in total. The molecular formula is C26H32ClN5OS. The Morgan fingerprint density at radius 1 is 1.00 bits per heavy atom. The van der Waals surface area contributed by atoms with Crippen LogP contribution in [0.3, 0.4) is 0 Å². The van der Waals surface area contributed by atoms with Gasteiger partial charge in [0, 0.05) is 54.8 Å². The number of aromatic nitrogens is 2. The lowest BCUT2D eigenvalue weighted by atomic mass is 9.93. The van der Waals surface area contributed by atoms with Gasteiger partial charge in [-0.15, -0.1) is 0 Å². The van der Waals surface area contributed by atoms with Gasteiger partial charge in [0.15, 0.2) is 0 Å². The molecule has 0 spiro atoms. The number of rotatable bonds is 6. The van der Waals surface area contributed by atoms with Crippen LogP contribution in [-0.2, 0) is 6.42 Å². The minimum Gasteiger partial charge on any atom is -0.343 e. The number of nitrogens with one attached hydrogen (secondary N) is 1. The van der Waals surface area contributed by atoms with Crippen LogP contribution in [0.2, 0.25) is 5.02 Å². The third-order valence-electron chi connectivity index (χ3n) is 6.18. The van der Waals surface area contributed by atoms with Gasteiger partial charge in [0.05, 0.1) is 0 Å². The number of halogens is 1. The first-order valence-electron chi connectivity index (χ1n) is 11.8. The van der Waals surface area contributed by atoms with Crippen LogP contribution in [0.25, 0.3) is 0 Å². The molecule has 6 nitrogen and oxygen atoms in total. The van der Waals surface area contributed by atoms with Crippen LogP contribution in [0.15, 0.2) is 42.5 Å². The van der Waals surface area contributed by atoms with Crippen LogP contribution >= 0.6 is 23.1 Å². The number of para-hydroxylation sites is 1. The topological polar surface area (TPSA) is 61.4 Å². The lowest BCUT2D eigenvalue weighted by Gasteiger charge is -2.34. The van der Waals surface area contributed by atoms with Crippen molar-refractivity contribution in [2.75, 3.05) is 36.4 Å². The molecule has 0 atom stereocenters. The van der Waals surface area contributed by atoms with Gasteiger partial charge in [0.25, 0.3) is 0 Å². The number of carbonyl (C=O) groups is 1. The maximum Gasteiger partial charge on any atom is 0.321 e. The van der Waals surface area contributed by atoms with Crippen molar-refractivity contribution in [1.82, 2.24) is 14.3 Å². The molecule has 0 radical (unpaired) electrons. The van der Waals surface area contributed by atoms with E-state index in [4.69, 9.17) is 16.6 Å². The fourth-order valence-corrected chi connectivity index (χ4v) is 5.07. The number of piperazine rings is 1. The monoisotopic (exact) mass is 497 g/mol. The van der Waals surface area contributed by atoms with Crippen molar-refractivity contribution in [2.45, 2.75) is 46.0 Å². The summed E-state index contributed by atoms with van der Waals surface area (Å²) in [6.07, 6.45) is 0.684. The largest absolute Gasteiger partial charge is 0.343 e. The average Bonchev–Trinajstić information content (AvgIpc) is 3.29. The van der Waals surface area contributed by atoms with Crippen LogP contribution in [-0.4, -0.2) is 46.5 Å². The summed E-state index contributed by atoms with van der Waals surface area (Å²) in [5.41, 5.74) is 4.47. The van der Waals surface area contributed by atoms with Gasteiger partial charge < -0.3 is 15.1 Å². The number of urea groups is 1. The van der Waals surface area contributed by atoms with E-state index < -0.39 is 0 Å². The molecule has 180 valence electrons. The molecule has 0 aliphatic carbocycles. The zero-order chi connectivity index (χ0) is 24.2. The van der Waals surface area contributed by atoms with E-state index in [0.717, 1.165) is 40.3 Å². The zero-order valence-corrected chi connectivity index (χ0v) is 21.8. The first-order valence-corrected chi connectivity index (χ1v) is 13.0. The molecule has 2 aromatic carbocycles. The molecule has 4 rings (SSSR count). The maximum absolute atomic E-state index is 13.2. The highest BCUT2D eigenvalue weighted by atomic mass is 35.5. The molecule has 0 saturated carbocycles. The predicted molar refractivity (Wildman–Crippen MR) is 142 cm³/mol. The molecule has 0 unspecified atom stereocenters. The van der Waals surface area contributed by atoms with Gasteiger partial charge in [-0.05, 0) is 40.7 Å². The Kier molecular flexibility index (Phi) is 7.73. The van der Waals surface area contributed by atoms with Gasteiger partial charge in [-0.25, -0.2) is 9.78 Å². The van der Waals surface area contributed by atoms with Crippen LogP contribution in [0.4, 0.5) is 15.6 Å². The Labute approximate surface area is 211 Å². The summed E-state index contributed by atoms with van der Waals surface area (Å²) in [7, 11) is 0. The van der Waals surface area contributed by atoms with E-state index in [9.17, 15) is 4.79 Å². The van der Waals surface area contributed by atoms with E-state index in [2.05, 4.69) is 60.5 Å². The Hall–Kier alpha value is -2.64. The van der Waals surface area contributed by atoms with E-state index in [1.165, 1.54) is 22.7 Å². The van der Waals surface area contributed by atoms with Crippen molar-refractivity contribution in [3.8, 4) is 0 Å². The molecule has 0 bridgehead atoms. The van der Waals surface area contributed by atoms with Crippen LogP contribution in [0.1, 0.15) is 62.0 Å². The molecule has 2 heterocycles. The van der Waals surface area contributed by atoms with Gasteiger partial charge in [-0.2, -0.15) is 4.37 Å². The number of carbonyl (C=O) groups excluding carboxylic acids is 1. The average molecular weight is 498 g/mol. The third-order valence-corrected chi connectivity index (χ3v) is 7.24. The maximum atomic E-state index is 13.2. The smallest absolute Gasteiger partial charge is 0.321 e. The van der Waals surface area contributed by atoms with Gasteiger partial charge in [0.1, 0.15) is 5.82 Å². The van der Waals surface area contributed by atoms with E-state index >= 15 is 0 Å². The number of benzene rings is 2. The Morgan fingerprint density at radius 2 is 1.62 bits per heavy atom. The fourth-order valence-electron chi connectivity index (χ4n) is 4.21. The molecule has 2 amide bonds. The summed E-state index contributed by atoms with van der Waals surface area (Å²) in [6, 6.07) is 14.1. The second-order valence-corrected chi connectivity index (χ2v) is 10.5. The second kappa shape index (κ2) is 10.7. The molecule has 34 heavy (non-hydrogen) atoms. The minimum atomic E-state index is -0.0321. The molecule has 8 heteroatoms. The lowest BCUT2D eigenvalue weighted by molar-refractivity contribution is 0.208. The molecule has 1 aliphatic heterocycles. The lowest BCUT2D eigenvalue weighted by Crippen LogP contribution is -2.50. The van der Waals surface area contributed by atoms with E-state index in [0.29, 0.717) is 31.3 Å². The Bertz CT molecular complexity index is 1090. The number of hydrogen-bond acceptors (Lipinski definition) is 5. The summed E-state index contributed by atoms with van der Waals surface area (Å²) < 4.78 is 4.53. The van der Waals surface area contributed by atoms with Gasteiger partial charge in [-0.1, -0.05) is 69.6 Å². The zero-order valence-electron chi connectivity index (χ0n) is 20.2. The van der Waals surface area contributed by atoms with E-state index in [1.54, 1.807) is 0 Å². The third kappa shape index (κ3) is 5.70. The van der Waals surface area contributed by atoms with Crippen molar-refractivity contribution >= 4 is 40.0 Å². The van der Waals surface area contributed by atoms with Gasteiger partial charge in [-0.3, -0.25) is 0 Å². The quantitative estimate of drug-likeness (QED) is 0.429. The molecule has 3 aromatic rings. The van der Waals surface area contributed by atoms with Gasteiger partial charge >= 0.3 is 6.03 Å². The summed E-state index contributed by atoms with van der Waals surface area (Å²) >= 11 is 7.39. The standard InChI is InChI=1S/C26H32ClN5OS/c1-17(2)21-6-5-7-22(18(3)4)24(21)29-25(33)31-12-14-32(15-13-31)26-28-23(30-34-26)16-19-8-10-20(27)11-9-19/h5-11,17-18H,12-16H2,1-4H3,(H,29,33). The summed E-state index contributed by atoms with van der Waals surface area (Å²) in [5.74, 6) is 1.49. The van der Waals surface area contributed by atoms with Crippen molar-refractivity contribution in [2.24, 2.45) is 0 Å². The normalized spacial score (nSPS) is 14.2. The Balaban J connectivity index is 1.37. The summed E-state index contributed by atoms with van der Waals surface area (Å²) in [5, 5.41) is 4.88. The highest BCUT2D eigenvalue weighted by Gasteiger charge is 2.25. The van der Waals surface area contributed by atoms with Crippen LogP contribution in [0.5, 0.6) is 0 Å². The predicted octanol–water partition coefficient (Wildman–Crippen LogP) is 6.38. The minimum absolute atomic E-state index is 0.0321. The molecule has 1 saturated heterocycles. The van der Waals surface area contributed by atoms with Crippen LogP contribution in [0, 0.1) is 0 Å². The number of nitrogens with zero attached hydrogens (tertiary/aromatic N) is 4. The molecule has 1 aromatic heterocycles. The van der Waals surface area contributed by atoms with Gasteiger partial charge in [0.2, 0.25) is 5.13 Å². The van der Waals surface area contributed by atoms with Crippen molar-refractivity contribution < 1.29 is 4.79 Å². The summed E-state index contributed by atoms with van der Waals surface area (Å²) in [4.78, 5) is 22.0. The van der Waals surface area contributed by atoms with E-state index in [-0.39, 0.29) is 6.03 Å². The van der Waals surface area contributed by atoms with Crippen molar-refractivity contribution in [3.05, 3.63) is 70.0 Å². The summed E-state index contributed by atoms with van der Waals surface area (Å²) in [6.45, 7) is 11.4. The fraction of sp³-hybridized carbons (Fsp3) is 0.423. The number of hydrogen-bond donors (Lipinski definition) is 1. The van der Waals surface area contributed by atoms with Crippen LogP contribution < -0.4 is 10.2 Å². The first-order chi connectivity index (χ1) is 16.3. The number of amides is 2. The Morgan fingerprint density at radius 3 is 2.21 bits per heavy atom. The number of anilines is 2. The SMILES string of the molecule is CC(C)c1cccc(C(C)C)c1NC(=O)N1CCN(c2nc(Cc3ccc(Cl)cc3)ns2)CC1. The molecule has 1 aliphatic rings. The van der Waals surface area contributed by atoms with E-state index in [1.807, 2.05) is 29.2 Å². The second-order valence-electron chi connectivity index (χ2n) is 9.32. The van der Waals surface area contributed by atoms with Crippen molar-refractivity contribution in [3.63, 3.8) is 0 Å². The van der Waals surface area contributed by atoms with Crippen molar-refractivity contribution in [1.29, 1.82) is 0 Å². The molecule has 1 fully saturated rings. The highest BCUT2D eigenvalue weighted by Crippen LogP contribution is 2.32. The first kappa shape index (κ1) is 24.5.